The number of amides is 1. The molecule has 4 nitrogen and oxygen atoms in total. The van der Waals surface area contributed by atoms with Gasteiger partial charge in [-0.15, -0.1) is 0 Å². The zero-order chi connectivity index (χ0) is 13.0. The number of piperidine rings is 1. The lowest BCUT2D eigenvalue weighted by molar-refractivity contribution is -0.133. The van der Waals surface area contributed by atoms with Crippen LogP contribution in [0.1, 0.15) is 33.1 Å². The highest BCUT2D eigenvalue weighted by molar-refractivity contribution is 5.81. The van der Waals surface area contributed by atoms with Gasteiger partial charge in [-0.05, 0) is 32.4 Å². The Morgan fingerprint density at radius 3 is 2.65 bits per heavy atom. The van der Waals surface area contributed by atoms with Gasteiger partial charge in [-0.1, -0.05) is 20.3 Å². The van der Waals surface area contributed by atoms with E-state index in [4.69, 9.17) is 5.73 Å². The minimum absolute atomic E-state index is 0.0685. The molecule has 1 heterocycles. The molecule has 0 unspecified atom stereocenters. The van der Waals surface area contributed by atoms with Gasteiger partial charge in [0.05, 0.1) is 6.04 Å². The third-order valence-corrected chi connectivity index (χ3v) is 3.79. The molecule has 0 bridgehead atoms. The molecule has 0 saturated carbocycles. The maximum atomic E-state index is 12.0. The summed E-state index contributed by atoms with van der Waals surface area (Å²) in [5, 5.41) is 0. The zero-order valence-electron chi connectivity index (χ0n) is 11.6. The molecule has 0 aromatic rings. The average molecular weight is 241 g/mol. The lowest BCUT2D eigenvalue weighted by Crippen LogP contribution is -2.50. The maximum absolute atomic E-state index is 12.0. The molecule has 100 valence electrons. The van der Waals surface area contributed by atoms with Gasteiger partial charge in [0.1, 0.15) is 0 Å². The summed E-state index contributed by atoms with van der Waals surface area (Å²) in [5.41, 5.74) is 5.90. The summed E-state index contributed by atoms with van der Waals surface area (Å²) in [6, 6.07) is 0.131. The van der Waals surface area contributed by atoms with Gasteiger partial charge in [0.25, 0.3) is 0 Å². The van der Waals surface area contributed by atoms with E-state index in [1.165, 1.54) is 19.3 Å². The van der Waals surface area contributed by atoms with Crippen molar-refractivity contribution in [1.82, 2.24) is 9.80 Å². The molecule has 1 fully saturated rings. The number of nitrogens with zero attached hydrogens (tertiary/aromatic N) is 2. The van der Waals surface area contributed by atoms with Gasteiger partial charge in [0.15, 0.2) is 0 Å². The predicted octanol–water partition coefficient (Wildman–Crippen LogP) is 0.912. The molecule has 17 heavy (non-hydrogen) atoms. The fraction of sp³-hybridized carbons (Fsp3) is 0.923. The minimum Gasteiger partial charge on any atom is -0.343 e. The van der Waals surface area contributed by atoms with E-state index in [0.717, 1.165) is 13.1 Å². The van der Waals surface area contributed by atoms with Crippen molar-refractivity contribution in [2.45, 2.75) is 45.2 Å². The quantitative estimate of drug-likeness (QED) is 0.796. The predicted molar refractivity (Wildman–Crippen MR) is 70.7 cm³/mol. The van der Waals surface area contributed by atoms with Crippen LogP contribution in [-0.2, 0) is 4.79 Å². The first-order valence-corrected chi connectivity index (χ1v) is 6.64. The number of likely N-dealkylation sites (N-methyl/N-ethyl adjacent to an activating group) is 2. The van der Waals surface area contributed by atoms with Crippen LogP contribution in [0.3, 0.4) is 0 Å². The van der Waals surface area contributed by atoms with Gasteiger partial charge in [0.2, 0.25) is 5.91 Å². The van der Waals surface area contributed by atoms with Crippen molar-refractivity contribution in [1.29, 1.82) is 0 Å². The smallest absolute Gasteiger partial charge is 0.239 e. The topological polar surface area (TPSA) is 49.6 Å². The number of nitrogens with two attached hydrogens (primary N) is 1. The second-order valence-electron chi connectivity index (χ2n) is 5.62. The second kappa shape index (κ2) is 6.36. The number of likely N-dealkylation sites (tertiary alicyclic amines) is 1. The Morgan fingerprint density at radius 1 is 1.47 bits per heavy atom. The van der Waals surface area contributed by atoms with Crippen molar-refractivity contribution in [3.8, 4) is 0 Å². The molecule has 1 amide bonds. The fourth-order valence-corrected chi connectivity index (χ4v) is 2.32. The lowest BCUT2D eigenvalue weighted by atomic mass is 10.0. The number of carbonyl (C=O) groups excluding carboxylic acids is 1. The number of carbonyl (C=O) groups is 1. The molecule has 1 saturated heterocycles. The van der Waals surface area contributed by atoms with E-state index >= 15 is 0 Å². The lowest BCUT2D eigenvalue weighted by Gasteiger charge is -2.36. The Kier molecular flexibility index (Phi) is 5.40. The Hall–Kier alpha value is -0.610. The SMILES string of the molecule is CC(C)[C@H](N)C(=O)N(C)C[C@@H]1CCCCN1C. The monoisotopic (exact) mass is 241 g/mol. The summed E-state index contributed by atoms with van der Waals surface area (Å²) < 4.78 is 0. The van der Waals surface area contributed by atoms with Crippen molar-refractivity contribution in [2.24, 2.45) is 11.7 Å². The van der Waals surface area contributed by atoms with Gasteiger partial charge >= 0.3 is 0 Å². The Balaban J connectivity index is 2.47. The Labute approximate surface area is 105 Å². The van der Waals surface area contributed by atoms with E-state index < -0.39 is 0 Å². The van der Waals surface area contributed by atoms with Gasteiger partial charge in [-0.2, -0.15) is 0 Å². The molecule has 1 aliphatic rings. The number of hydrogen-bond donors (Lipinski definition) is 1. The molecule has 1 aliphatic heterocycles. The molecule has 0 aromatic carbocycles. The summed E-state index contributed by atoms with van der Waals surface area (Å²) in [5.74, 6) is 0.271. The first kappa shape index (κ1) is 14.5. The maximum Gasteiger partial charge on any atom is 0.239 e. The normalized spacial score (nSPS) is 23.8. The summed E-state index contributed by atoms with van der Waals surface area (Å²) in [6.07, 6.45) is 3.73. The zero-order valence-corrected chi connectivity index (χ0v) is 11.6. The third-order valence-electron chi connectivity index (χ3n) is 3.79. The Morgan fingerprint density at radius 2 is 2.12 bits per heavy atom. The first-order chi connectivity index (χ1) is 7.93. The van der Waals surface area contributed by atoms with Crippen LogP contribution in [-0.4, -0.2) is 55.0 Å². The summed E-state index contributed by atoms with van der Waals surface area (Å²) in [7, 11) is 4.01. The molecular weight excluding hydrogens is 214 g/mol. The number of hydrogen-bond acceptors (Lipinski definition) is 3. The van der Waals surface area contributed by atoms with Crippen molar-refractivity contribution >= 4 is 5.91 Å². The van der Waals surface area contributed by atoms with E-state index in [-0.39, 0.29) is 17.9 Å². The minimum atomic E-state index is -0.367. The Bertz CT molecular complexity index is 255. The first-order valence-electron chi connectivity index (χ1n) is 6.64. The molecule has 0 aromatic heterocycles. The van der Waals surface area contributed by atoms with Crippen LogP contribution in [0.5, 0.6) is 0 Å². The average Bonchev–Trinajstić information content (AvgIpc) is 2.30. The van der Waals surface area contributed by atoms with Crippen LogP contribution in [0.15, 0.2) is 0 Å². The highest BCUT2D eigenvalue weighted by atomic mass is 16.2. The van der Waals surface area contributed by atoms with Crippen LogP contribution in [0, 0.1) is 5.92 Å². The molecule has 1 rings (SSSR count). The highest BCUT2D eigenvalue weighted by Gasteiger charge is 2.25. The van der Waals surface area contributed by atoms with Crippen LogP contribution in [0.2, 0.25) is 0 Å². The van der Waals surface area contributed by atoms with Gasteiger partial charge in [-0.3, -0.25) is 4.79 Å². The molecule has 0 radical (unpaired) electrons. The molecule has 0 spiro atoms. The largest absolute Gasteiger partial charge is 0.343 e. The molecule has 2 N–H and O–H groups in total. The van der Waals surface area contributed by atoms with Crippen LogP contribution >= 0.6 is 0 Å². The van der Waals surface area contributed by atoms with Crippen molar-refractivity contribution < 1.29 is 4.79 Å². The van der Waals surface area contributed by atoms with Gasteiger partial charge in [-0.25, -0.2) is 0 Å². The summed E-state index contributed by atoms with van der Waals surface area (Å²) in [4.78, 5) is 16.2. The second-order valence-corrected chi connectivity index (χ2v) is 5.62. The molecule has 0 aliphatic carbocycles. The van der Waals surface area contributed by atoms with Crippen molar-refractivity contribution in [2.75, 3.05) is 27.2 Å². The van der Waals surface area contributed by atoms with E-state index in [0.29, 0.717) is 6.04 Å². The van der Waals surface area contributed by atoms with Crippen molar-refractivity contribution in [3.05, 3.63) is 0 Å². The van der Waals surface area contributed by atoms with Crippen LogP contribution in [0.4, 0.5) is 0 Å². The van der Waals surface area contributed by atoms with Gasteiger partial charge in [0, 0.05) is 19.6 Å². The van der Waals surface area contributed by atoms with E-state index in [2.05, 4.69) is 11.9 Å². The molecule has 4 heteroatoms. The fourth-order valence-electron chi connectivity index (χ4n) is 2.32. The van der Waals surface area contributed by atoms with E-state index in [1.54, 1.807) is 4.90 Å². The number of rotatable bonds is 4. The van der Waals surface area contributed by atoms with E-state index in [1.807, 2.05) is 20.9 Å². The van der Waals surface area contributed by atoms with Crippen LogP contribution in [0.25, 0.3) is 0 Å². The van der Waals surface area contributed by atoms with Crippen LogP contribution < -0.4 is 5.73 Å². The highest BCUT2D eigenvalue weighted by Crippen LogP contribution is 2.16. The summed E-state index contributed by atoms with van der Waals surface area (Å²) in [6.45, 7) is 5.92. The summed E-state index contributed by atoms with van der Waals surface area (Å²) >= 11 is 0. The van der Waals surface area contributed by atoms with E-state index in [9.17, 15) is 4.79 Å². The van der Waals surface area contributed by atoms with Gasteiger partial charge < -0.3 is 15.5 Å². The molecule has 2 atom stereocenters. The standard InChI is InChI=1S/C13H27N3O/c1-10(2)12(14)13(17)16(4)9-11-7-5-6-8-15(11)3/h10-12H,5-9,14H2,1-4H3/t11-,12-/m0/s1. The third kappa shape index (κ3) is 3.96. The van der Waals surface area contributed by atoms with Crippen molar-refractivity contribution in [3.63, 3.8) is 0 Å². The molecular formula is C13H27N3O.